The second-order valence-electron chi connectivity index (χ2n) is 5.53. The van der Waals surface area contributed by atoms with Crippen LogP contribution in [0.4, 0.5) is 0 Å². The molecule has 0 bridgehead atoms. The van der Waals surface area contributed by atoms with Crippen LogP contribution in [0.15, 0.2) is 18.6 Å². The van der Waals surface area contributed by atoms with Crippen molar-refractivity contribution in [1.29, 1.82) is 0 Å². The maximum absolute atomic E-state index is 2.50. The highest BCUT2D eigenvalue weighted by molar-refractivity contribution is 14.1. The molecule has 0 aromatic carbocycles. The Morgan fingerprint density at radius 3 is 1.07 bits per heavy atom. The minimum atomic E-state index is -1.07. The van der Waals surface area contributed by atoms with E-state index in [0.717, 1.165) is 0 Å². The monoisotopic (exact) mass is 450 g/mol. The van der Waals surface area contributed by atoms with Crippen LogP contribution in [0.2, 0.25) is 39.3 Å². The minimum Gasteiger partial charge on any atom is -0.0652 e. The van der Waals surface area contributed by atoms with Crippen molar-refractivity contribution in [3.63, 3.8) is 0 Å². The number of allylic oxidation sites excluding steroid dienone is 2. The molecule has 0 N–H and O–H groups in total. The Balaban J connectivity index is 4.73. The molecule has 0 radical (unpaired) electrons. The zero-order valence-electron chi connectivity index (χ0n) is 9.91. The summed E-state index contributed by atoms with van der Waals surface area (Å²) in [7, 11) is -2.14. The first-order chi connectivity index (χ1) is 6.05. The highest BCUT2D eigenvalue weighted by Crippen LogP contribution is 2.25. The molecule has 4 heteroatoms. The summed E-state index contributed by atoms with van der Waals surface area (Å²) in [6.45, 7) is 14.3. The first-order valence-electron chi connectivity index (χ1n) is 4.79. The van der Waals surface area contributed by atoms with Gasteiger partial charge in [0.15, 0.2) is 0 Å². The molecule has 0 aromatic rings. The summed E-state index contributed by atoms with van der Waals surface area (Å²) in [5.41, 5.74) is 0. The Labute approximate surface area is 118 Å². The summed E-state index contributed by atoms with van der Waals surface area (Å²) in [6, 6.07) is 0. The predicted molar refractivity (Wildman–Crippen MR) is 90.9 cm³/mol. The average molecular weight is 450 g/mol. The molecule has 0 heterocycles. The Morgan fingerprint density at radius 2 is 0.929 bits per heavy atom. The van der Waals surface area contributed by atoms with Gasteiger partial charge >= 0.3 is 0 Å². The molecule has 0 amide bonds. The van der Waals surface area contributed by atoms with E-state index in [9.17, 15) is 0 Å². The van der Waals surface area contributed by atoms with Crippen LogP contribution in [-0.4, -0.2) is 16.1 Å². The molecule has 0 rings (SSSR count). The summed E-state index contributed by atoms with van der Waals surface area (Å²) >= 11 is 5.00. The second-order valence-corrected chi connectivity index (χ2v) is 20.0. The lowest BCUT2D eigenvalue weighted by atomic mass is 10.6. The van der Waals surface area contributed by atoms with E-state index in [-0.39, 0.29) is 0 Å². The van der Waals surface area contributed by atoms with Crippen molar-refractivity contribution in [2.45, 2.75) is 39.3 Å². The fourth-order valence-corrected chi connectivity index (χ4v) is 2.17. The van der Waals surface area contributed by atoms with Gasteiger partial charge < -0.3 is 0 Å². The SMILES string of the molecule is C[Si](C)(C)C(I)=CC=C(I)[Si](C)(C)C. The quantitative estimate of drug-likeness (QED) is 0.308. The van der Waals surface area contributed by atoms with Crippen molar-refractivity contribution in [2.24, 2.45) is 0 Å². The van der Waals surface area contributed by atoms with Gasteiger partial charge in [-0.3, -0.25) is 0 Å². The van der Waals surface area contributed by atoms with E-state index in [1.807, 2.05) is 0 Å². The van der Waals surface area contributed by atoms with Crippen molar-refractivity contribution < 1.29 is 0 Å². The molecule has 14 heavy (non-hydrogen) atoms. The van der Waals surface area contributed by atoms with Crippen LogP contribution < -0.4 is 0 Å². The largest absolute Gasteiger partial charge is 0.0854 e. The van der Waals surface area contributed by atoms with Gasteiger partial charge in [0.1, 0.15) is 0 Å². The number of hydrogen-bond donors (Lipinski definition) is 0. The smallest absolute Gasteiger partial charge is 0.0652 e. The van der Waals surface area contributed by atoms with E-state index < -0.39 is 16.1 Å². The maximum Gasteiger partial charge on any atom is 0.0854 e. The molecule has 0 spiro atoms. The number of hydrogen-bond acceptors (Lipinski definition) is 0. The molecular weight excluding hydrogens is 430 g/mol. The van der Waals surface area contributed by atoms with Crippen LogP contribution in [-0.2, 0) is 0 Å². The van der Waals surface area contributed by atoms with Crippen molar-refractivity contribution in [1.82, 2.24) is 0 Å². The lowest BCUT2D eigenvalue weighted by molar-refractivity contribution is 1.73. The Hall–Kier alpha value is 1.37. The van der Waals surface area contributed by atoms with Crippen molar-refractivity contribution in [3.8, 4) is 0 Å². The fraction of sp³-hybridized carbons (Fsp3) is 0.600. The highest BCUT2D eigenvalue weighted by atomic mass is 127. The average Bonchev–Trinajstić information content (AvgIpc) is 1.95. The van der Waals surface area contributed by atoms with E-state index in [0.29, 0.717) is 0 Å². The molecule has 0 aliphatic rings. The van der Waals surface area contributed by atoms with Gasteiger partial charge in [-0.1, -0.05) is 96.6 Å². The minimum absolute atomic E-state index is 1.07. The second kappa shape index (κ2) is 5.63. The fourth-order valence-electron chi connectivity index (χ4n) is 0.646. The third-order valence-electron chi connectivity index (χ3n) is 1.81. The molecular formula is C10H20I2Si2. The lowest BCUT2D eigenvalue weighted by Gasteiger charge is -2.16. The highest BCUT2D eigenvalue weighted by Gasteiger charge is 2.18. The summed E-state index contributed by atoms with van der Waals surface area (Å²) < 4.78 is 3.12. The van der Waals surface area contributed by atoms with Crippen LogP contribution >= 0.6 is 45.2 Å². The summed E-state index contributed by atoms with van der Waals surface area (Å²) in [4.78, 5) is 0. The molecule has 0 aliphatic carbocycles. The Morgan fingerprint density at radius 1 is 0.714 bits per heavy atom. The molecule has 0 aliphatic heterocycles. The first-order valence-corrected chi connectivity index (χ1v) is 13.9. The Kier molecular flexibility index (Phi) is 6.18. The van der Waals surface area contributed by atoms with Gasteiger partial charge in [0.05, 0.1) is 16.1 Å². The molecule has 0 nitrogen and oxygen atoms in total. The van der Waals surface area contributed by atoms with Crippen LogP contribution in [0.5, 0.6) is 0 Å². The summed E-state index contributed by atoms with van der Waals surface area (Å²) in [6.07, 6.45) is 4.65. The normalized spacial score (nSPS) is 16.0. The van der Waals surface area contributed by atoms with Gasteiger partial charge in [0.2, 0.25) is 0 Å². The van der Waals surface area contributed by atoms with E-state index in [1.165, 1.54) is 0 Å². The lowest BCUT2D eigenvalue weighted by Crippen LogP contribution is -2.21. The van der Waals surface area contributed by atoms with Crippen LogP contribution in [0.25, 0.3) is 0 Å². The molecule has 0 fully saturated rings. The zero-order chi connectivity index (χ0) is 11.6. The maximum atomic E-state index is 2.50. The summed E-state index contributed by atoms with van der Waals surface area (Å²) in [5, 5.41) is 0. The van der Waals surface area contributed by atoms with Crippen LogP contribution in [0.3, 0.4) is 0 Å². The standard InChI is InChI=1S/C10H20I2Si2/c1-13(2,3)9(11)7-8-10(12)14(4,5)6/h7-8H,1-6H3. The van der Waals surface area contributed by atoms with E-state index in [2.05, 4.69) is 96.6 Å². The zero-order valence-corrected chi connectivity index (χ0v) is 16.2. The third-order valence-corrected chi connectivity index (χ3v) is 15.4. The van der Waals surface area contributed by atoms with Crippen molar-refractivity contribution in [3.05, 3.63) is 18.6 Å². The van der Waals surface area contributed by atoms with Gasteiger partial charge in [-0.2, -0.15) is 0 Å². The van der Waals surface area contributed by atoms with Crippen LogP contribution in [0.1, 0.15) is 0 Å². The van der Waals surface area contributed by atoms with E-state index in [1.54, 1.807) is 6.41 Å². The van der Waals surface area contributed by atoms with Gasteiger partial charge in [-0.15, -0.1) is 0 Å². The van der Waals surface area contributed by atoms with Gasteiger partial charge in [0, 0.05) is 0 Å². The number of rotatable bonds is 3. The van der Waals surface area contributed by atoms with Gasteiger partial charge in [0.25, 0.3) is 0 Å². The van der Waals surface area contributed by atoms with Gasteiger partial charge in [-0.25, -0.2) is 0 Å². The summed E-state index contributed by atoms with van der Waals surface area (Å²) in [5.74, 6) is 0. The molecule has 0 aromatic heterocycles. The molecule has 82 valence electrons. The van der Waals surface area contributed by atoms with Crippen molar-refractivity contribution >= 4 is 61.3 Å². The van der Waals surface area contributed by atoms with Gasteiger partial charge in [-0.05, 0) is 6.41 Å². The first kappa shape index (κ1) is 15.4. The van der Waals surface area contributed by atoms with E-state index >= 15 is 0 Å². The van der Waals surface area contributed by atoms with Crippen molar-refractivity contribution in [2.75, 3.05) is 0 Å². The molecule has 0 saturated heterocycles. The molecule has 0 unspecified atom stereocenters. The van der Waals surface area contributed by atoms with Crippen LogP contribution in [0, 0.1) is 0 Å². The Bertz CT molecular complexity index is 226. The molecule has 0 atom stereocenters. The number of halogens is 2. The molecule has 0 saturated carbocycles. The predicted octanol–water partition coefficient (Wildman–Crippen LogP) is 5.38. The topological polar surface area (TPSA) is 0 Å². The third kappa shape index (κ3) is 6.07. The van der Waals surface area contributed by atoms with E-state index in [4.69, 9.17) is 0 Å².